The molecule has 0 aliphatic rings. The fraction of sp³-hybridized carbons (Fsp3) is 0.116. The molecule has 214 valence electrons. The lowest BCUT2D eigenvalue weighted by atomic mass is 9.95. The smallest absolute Gasteiger partial charge is 0.0105 e. The van der Waals surface area contributed by atoms with E-state index in [0.29, 0.717) is 0 Å². The molecule has 5 rings (SSSR count). The zero-order valence-corrected chi connectivity index (χ0v) is 25.7. The van der Waals surface area contributed by atoms with Crippen molar-refractivity contribution in [3.8, 4) is 11.1 Å². The molecule has 0 saturated heterocycles. The zero-order valence-electron chi connectivity index (χ0n) is 25.7. The minimum Gasteiger partial charge on any atom is -0.0877 e. The Morgan fingerprint density at radius 2 is 0.930 bits per heavy atom. The summed E-state index contributed by atoms with van der Waals surface area (Å²) in [7, 11) is 0. The van der Waals surface area contributed by atoms with Crippen molar-refractivity contribution in [1.82, 2.24) is 0 Å². The van der Waals surface area contributed by atoms with Crippen LogP contribution in [0.3, 0.4) is 0 Å². The first-order valence-corrected chi connectivity index (χ1v) is 15.4. The van der Waals surface area contributed by atoms with Crippen LogP contribution in [0, 0.1) is 0 Å². The molecule has 0 amide bonds. The fourth-order valence-corrected chi connectivity index (χ4v) is 4.96. The molecule has 0 radical (unpaired) electrons. The summed E-state index contributed by atoms with van der Waals surface area (Å²) < 4.78 is 0. The Hall–Kier alpha value is -4.94. The molecule has 0 fully saturated rings. The highest BCUT2D eigenvalue weighted by molar-refractivity contribution is 5.91. The molecule has 0 aliphatic heterocycles. The quantitative estimate of drug-likeness (QED) is 0.118. The molecule has 5 aromatic carbocycles. The molecule has 0 saturated carbocycles. The third-order valence-electron chi connectivity index (χ3n) is 7.14. The van der Waals surface area contributed by atoms with Crippen LogP contribution < -0.4 is 0 Å². The second-order valence-corrected chi connectivity index (χ2v) is 10.1. The van der Waals surface area contributed by atoms with Gasteiger partial charge in [-0.3, -0.25) is 0 Å². The Labute approximate surface area is 259 Å². The summed E-state index contributed by atoms with van der Waals surface area (Å²) in [6.45, 7) is 6.04. The molecule has 0 N–H and O–H groups in total. The molecular weight excluding hydrogens is 516 g/mol. The molecule has 0 spiro atoms. The third kappa shape index (κ3) is 9.28. The summed E-state index contributed by atoms with van der Waals surface area (Å²) in [4.78, 5) is 0. The van der Waals surface area contributed by atoms with E-state index in [4.69, 9.17) is 0 Å². The van der Waals surface area contributed by atoms with Gasteiger partial charge < -0.3 is 0 Å². The fourth-order valence-electron chi connectivity index (χ4n) is 4.96. The van der Waals surface area contributed by atoms with Crippen molar-refractivity contribution in [2.75, 3.05) is 0 Å². The van der Waals surface area contributed by atoms with Crippen LogP contribution in [0.15, 0.2) is 164 Å². The van der Waals surface area contributed by atoms with E-state index in [1.807, 2.05) is 20.8 Å². The maximum atomic E-state index is 2.32. The minimum atomic E-state index is 1.00. The first-order valence-electron chi connectivity index (χ1n) is 15.4. The van der Waals surface area contributed by atoms with E-state index in [2.05, 4.69) is 176 Å². The number of hydrogen-bond acceptors (Lipinski definition) is 0. The highest BCUT2D eigenvalue weighted by Crippen LogP contribution is 2.28. The maximum Gasteiger partial charge on any atom is -0.0105 e. The van der Waals surface area contributed by atoms with Gasteiger partial charge in [-0.05, 0) is 75.9 Å². The SMILES string of the molecule is C/C=C\C=C/CC/C(=C\c1ccc(-c2ccc(C=C(c3ccccc3)c3ccccc3)cc2)cc1)c1ccccc1.CC. The first-order chi connectivity index (χ1) is 21.3. The first kappa shape index (κ1) is 31.0. The van der Waals surface area contributed by atoms with Crippen molar-refractivity contribution in [3.63, 3.8) is 0 Å². The molecule has 0 heterocycles. The van der Waals surface area contributed by atoms with E-state index in [1.54, 1.807) is 0 Å². The minimum absolute atomic E-state index is 1.00. The largest absolute Gasteiger partial charge is 0.0877 e. The van der Waals surface area contributed by atoms with Gasteiger partial charge >= 0.3 is 0 Å². The van der Waals surface area contributed by atoms with Crippen LogP contribution in [0.25, 0.3) is 34.4 Å². The second kappa shape index (κ2) is 17.1. The third-order valence-corrected chi connectivity index (χ3v) is 7.14. The van der Waals surface area contributed by atoms with Crippen molar-refractivity contribution in [2.45, 2.75) is 33.6 Å². The summed E-state index contributed by atoms with van der Waals surface area (Å²) in [5, 5.41) is 0. The van der Waals surface area contributed by atoms with E-state index in [9.17, 15) is 0 Å². The zero-order chi connectivity index (χ0) is 30.1. The predicted molar refractivity (Wildman–Crippen MR) is 191 cm³/mol. The summed E-state index contributed by atoms with van der Waals surface area (Å²) in [6.07, 6.45) is 15.1. The molecule has 5 aromatic rings. The van der Waals surface area contributed by atoms with E-state index in [1.165, 1.54) is 50.1 Å². The molecule has 0 nitrogen and oxygen atoms in total. The Balaban J connectivity index is 0.00000207. The van der Waals surface area contributed by atoms with E-state index in [0.717, 1.165) is 12.8 Å². The molecule has 0 bridgehead atoms. The molecular formula is C43H42. The van der Waals surface area contributed by atoms with Gasteiger partial charge in [0.25, 0.3) is 0 Å². The maximum absolute atomic E-state index is 2.32. The van der Waals surface area contributed by atoms with Crippen molar-refractivity contribution in [1.29, 1.82) is 0 Å². The topological polar surface area (TPSA) is 0 Å². The highest BCUT2D eigenvalue weighted by Gasteiger charge is 2.06. The number of rotatable bonds is 10. The standard InChI is InChI=1S/C41H36.C2H6/c1-2-3-4-5-9-22-40(35-16-10-6-11-17-35)31-33-23-27-36(28-24-33)37-29-25-34(26-30-37)32-41(38-18-12-7-13-19-38)39-20-14-8-15-21-39;1-2/h2-8,10-21,23-32H,9,22H2,1H3;1-2H3/b3-2-,5-4-,40-31+;. The van der Waals surface area contributed by atoms with Gasteiger partial charge in [-0.15, -0.1) is 0 Å². The van der Waals surface area contributed by atoms with Gasteiger partial charge in [0.1, 0.15) is 0 Å². The molecule has 43 heavy (non-hydrogen) atoms. The van der Waals surface area contributed by atoms with Gasteiger partial charge in [0.15, 0.2) is 0 Å². The van der Waals surface area contributed by atoms with Crippen molar-refractivity contribution in [2.24, 2.45) is 0 Å². The molecule has 0 aliphatic carbocycles. The van der Waals surface area contributed by atoms with E-state index in [-0.39, 0.29) is 0 Å². The average molecular weight is 559 g/mol. The summed E-state index contributed by atoms with van der Waals surface area (Å²) in [5.74, 6) is 0. The van der Waals surface area contributed by atoms with Gasteiger partial charge in [0.05, 0.1) is 0 Å². The molecule has 0 atom stereocenters. The van der Waals surface area contributed by atoms with Crippen molar-refractivity contribution in [3.05, 3.63) is 192 Å². The predicted octanol–water partition coefficient (Wildman–Crippen LogP) is 12.4. The lowest BCUT2D eigenvalue weighted by molar-refractivity contribution is 1.07. The van der Waals surface area contributed by atoms with Crippen molar-refractivity contribution >= 4 is 23.3 Å². The highest BCUT2D eigenvalue weighted by atomic mass is 14.1. The van der Waals surface area contributed by atoms with Crippen LogP contribution in [0.1, 0.15) is 61.4 Å². The van der Waals surface area contributed by atoms with Gasteiger partial charge in [-0.1, -0.05) is 184 Å². The lowest BCUT2D eigenvalue weighted by Crippen LogP contribution is -1.88. The lowest BCUT2D eigenvalue weighted by Gasteiger charge is -2.10. The summed E-state index contributed by atoms with van der Waals surface area (Å²) in [6, 6.07) is 49.7. The van der Waals surface area contributed by atoms with Crippen LogP contribution in [0.2, 0.25) is 0 Å². The number of benzene rings is 5. The van der Waals surface area contributed by atoms with Gasteiger partial charge in [0.2, 0.25) is 0 Å². The number of allylic oxidation sites excluding steroid dienone is 5. The Kier molecular flexibility index (Phi) is 12.3. The van der Waals surface area contributed by atoms with Gasteiger partial charge in [-0.2, -0.15) is 0 Å². The second-order valence-electron chi connectivity index (χ2n) is 10.1. The van der Waals surface area contributed by atoms with Crippen LogP contribution in [-0.2, 0) is 0 Å². The van der Waals surface area contributed by atoms with Crippen LogP contribution in [-0.4, -0.2) is 0 Å². The van der Waals surface area contributed by atoms with Gasteiger partial charge in [0, 0.05) is 0 Å². The molecule has 0 unspecified atom stereocenters. The van der Waals surface area contributed by atoms with E-state index >= 15 is 0 Å². The Bertz CT molecular complexity index is 1570. The number of hydrogen-bond donors (Lipinski definition) is 0. The Morgan fingerprint density at radius 3 is 1.40 bits per heavy atom. The Morgan fingerprint density at radius 1 is 0.488 bits per heavy atom. The normalized spacial score (nSPS) is 11.3. The molecule has 0 heteroatoms. The molecule has 0 aromatic heterocycles. The monoisotopic (exact) mass is 558 g/mol. The summed E-state index contributed by atoms with van der Waals surface area (Å²) >= 11 is 0. The van der Waals surface area contributed by atoms with Crippen LogP contribution in [0.4, 0.5) is 0 Å². The van der Waals surface area contributed by atoms with Gasteiger partial charge in [-0.25, -0.2) is 0 Å². The van der Waals surface area contributed by atoms with Crippen LogP contribution in [0.5, 0.6) is 0 Å². The van der Waals surface area contributed by atoms with Crippen LogP contribution >= 0.6 is 0 Å². The average Bonchev–Trinajstić information content (AvgIpc) is 3.09. The van der Waals surface area contributed by atoms with Crippen molar-refractivity contribution < 1.29 is 0 Å². The van der Waals surface area contributed by atoms with E-state index < -0.39 is 0 Å². The summed E-state index contributed by atoms with van der Waals surface area (Å²) in [5.41, 5.74) is 11.1.